The molecule has 0 radical (unpaired) electrons. The van der Waals surface area contributed by atoms with Gasteiger partial charge in [0.25, 0.3) is 8.32 Å². The van der Waals surface area contributed by atoms with Crippen LogP contribution in [0.5, 0.6) is 0 Å². The molecule has 4 rings (SSSR count). The molecule has 1 aliphatic heterocycles. The molecule has 0 amide bonds. The lowest BCUT2D eigenvalue weighted by Gasteiger charge is -2.45. The van der Waals surface area contributed by atoms with Crippen molar-refractivity contribution in [1.29, 1.82) is 0 Å². The summed E-state index contributed by atoms with van der Waals surface area (Å²) in [5.41, 5.74) is 0.0743. The fourth-order valence-electron chi connectivity index (χ4n) is 11.0. The van der Waals surface area contributed by atoms with E-state index in [0.29, 0.717) is 45.3 Å². The van der Waals surface area contributed by atoms with Crippen LogP contribution in [-0.4, -0.2) is 99.6 Å². The van der Waals surface area contributed by atoms with E-state index in [0.717, 1.165) is 30.1 Å². The Kier molecular flexibility index (Phi) is 26.6. The summed E-state index contributed by atoms with van der Waals surface area (Å²) in [6.45, 7) is 45.1. The van der Waals surface area contributed by atoms with Crippen molar-refractivity contribution in [2.45, 2.75) is 270 Å². The second-order valence-corrected chi connectivity index (χ2v) is 46.8. The van der Waals surface area contributed by atoms with E-state index in [1.165, 1.54) is 10.4 Å². The van der Waals surface area contributed by atoms with Crippen molar-refractivity contribution in [2.24, 2.45) is 5.92 Å². The first-order valence-electron chi connectivity index (χ1n) is 31.1. The van der Waals surface area contributed by atoms with E-state index in [-0.39, 0.29) is 70.4 Å². The molecule has 460 valence electrons. The fourth-order valence-corrected chi connectivity index (χ4v) is 21.6. The average molecular weight is 1200 g/mol. The SMILES string of the molecule is CC[Si](CC)(CC)O[C@H](CCOCc1ccccc1)CC[C@@](C)(O[Si](C)(C)C(C)(C)C)C(=O)CCC(=O)CCC/C=C/C(=O)C[C@@H](C)[C@@H](O[Si](C)(C)C(C)(C)C)[C@H]1OC(C)(C)O[C@H]1CO[Si](c1ccccc1)(c1ccccc1)C(C)(C)C. The van der Waals surface area contributed by atoms with E-state index < -0.39 is 63.0 Å². The van der Waals surface area contributed by atoms with Crippen molar-refractivity contribution >= 4 is 61.0 Å². The minimum Gasteiger partial charge on any atom is -0.414 e. The van der Waals surface area contributed by atoms with Gasteiger partial charge in [0.2, 0.25) is 0 Å². The van der Waals surface area contributed by atoms with Crippen molar-refractivity contribution in [3.63, 3.8) is 0 Å². The zero-order valence-corrected chi connectivity index (χ0v) is 58.9. The first-order valence-corrected chi connectivity index (χ1v) is 41.4. The number of rotatable bonds is 35. The molecule has 1 saturated heterocycles. The summed E-state index contributed by atoms with van der Waals surface area (Å²) in [5.74, 6) is -1.12. The predicted molar refractivity (Wildman–Crippen MR) is 349 cm³/mol. The molecular formula is C68H112O10Si4. The highest BCUT2D eigenvalue weighted by molar-refractivity contribution is 6.99. The molecule has 3 aromatic carbocycles. The van der Waals surface area contributed by atoms with Crippen LogP contribution in [0.1, 0.15) is 174 Å². The highest BCUT2D eigenvalue weighted by atomic mass is 28.4. The molecule has 1 heterocycles. The van der Waals surface area contributed by atoms with Gasteiger partial charge in [-0.1, -0.05) is 187 Å². The number of allylic oxidation sites excluding steroid dienone is 2. The summed E-state index contributed by atoms with van der Waals surface area (Å²) >= 11 is 0. The average Bonchev–Trinajstić information content (AvgIpc) is 3.72. The number of unbranched alkanes of at least 4 members (excludes halogenated alkanes) is 1. The third-order valence-corrected chi connectivity index (χ3v) is 37.1. The Bertz CT molecular complexity index is 2390. The molecule has 0 aliphatic carbocycles. The third-order valence-electron chi connectivity index (χ3n) is 18.4. The Morgan fingerprint density at radius 3 is 1.72 bits per heavy atom. The Labute approximate surface area is 502 Å². The summed E-state index contributed by atoms with van der Waals surface area (Å²) < 4.78 is 48.9. The maximum atomic E-state index is 14.5. The molecule has 0 aromatic heterocycles. The molecule has 0 unspecified atom stereocenters. The van der Waals surface area contributed by atoms with Gasteiger partial charge in [-0.05, 0) is 140 Å². The zero-order chi connectivity index (χ0) is 61.4. The first kappa shape index (κ1) is 71.5. The molecule has 14 heteroatoms. The predicted octanol–water partition coefficient (Wildman–Crippen LogP) is 16.3. The first-order chi connectivity index (χ1) is 38.1. The summed E-state index contributed by atoms with van der Waals surface area (Å²) in [4.78, 5) is 42.0. The Hall–Kier alpha value is -3.00. The molecule has 0 bridgehead atoms. The van der Waals surface area contributed by atoms with Gasteiger partial charge >= 0.3 is 0 Å². The zero-order valence-electron chi connectivity index (χ0n) is 54.9. The van der Waals surface area contributed by atoms with Crippen LogP contribution in [-0.2, 0) is 52.9 Å². The Balaban J connectivity index is 1.44. The number of carbonyl (C=O) groups is 3. The smallest absolute Gasteiger partial charge is 0.261 e. The summed E-state index contributed by atoms with van der Waals surface area (Å²) in [6.07, 6.45) is 5.99. The van der Waals surface area contributed by atoms with Gasteiger partial charge in [-0.15, -0.1) is 0 Å². The Morgan fingerprint density at radius 1 is 0.671 bits per heavy atom. The lowest BCUT2D eigenvalue weighted by molar-refractivity contribution is -0.158. The van der Waals surface area contributed by atoms with Crippen LogP contribution in [0.4, 0.5) is 0 Å². The van der Waals surface area contributed by atoms with Gasteiger partial charge in [0.05, 0.1) is 19.3 Å². The summed E-state index contributed by atoms with van der Waals surface area (Å²) in [6, 6.07) is 34.6. The highest BCUT2D eigenvalue weighted by Gasteiger charge is 2.55. The monoisotopic (exact) mass is 1200 g/mol. The number of Topliss-reactive ketones (excluding diaryl/α,β-unsaturated/α-hetero) is 2. The lowest BCUT2D eigenvalue weighted by Crippen LogP contribution is -2.67. The van der Waals surface area contributed by atoms with E-state index in [9.17, 15) is 14.4 Å². The summed E-state index contributed by atoms with van der Waals surface area (Å²) in [7, 11) is -9.73. The lowest BCUT2D eigenvalue weighted by atomic mass is 9.89. The van der Waals surface area contributed by atoms with E-state index in [1.807, 2.05) is 45.0 Å². The molecule has 10 nitrogen and oxygen atoms in total. The van der Waals surface area contributed by atoms with Crippen LogP contribution in [0, 0.1) is 5.92 Å². The molecule has 0 saturated carbocycles. The number of ketones is 3. The molecule has 0 spiro atoms. The molecular weight excluding hydrogens is 1090 g/mol. The van der Waals surface area contributed by atoms with Gasteiger partial charge in [0.1, 0.15) is 23.6 Å². The van der Waals surface area contributed by atoms with Crippen LogP contribution in [0.3, 0.4) is 0 Å². The second kappa shape index (κ2) is 30.6. The van der Waals surface area contributed by atoms with Crippen molar-refractivity contribution in [2.75, 3.05) is 13.2 Å². The number of carbonyl (C=O) groups excluding carboxylic acids is 3. The maximum Gasteiger partial charge on any atom is 0.261 e. The molecule has 1 fully saturated rings. The third kappa shape index (κ3) is 20.0. The molecule has 1 aliphatic rings. The fraction of sp³-hybridized carbons (Fsp3) is 0.662. The normalized spacial score (nSPS) is 18.5. The molecule has 82 heavy (non-hydrogen) atoms. The van der Waals surface area contributed by atoms with Crippen LogP contribution in [0.2, 0.25) is 59.4 Å². The van der Waals surface area contributed by atoms with Crippen molar-refractivity contribution in [3.05, 3.63) is 109 Å². The van der Waals surface area contributed by atoms with Crippen molar-refractivity contribution in [1.82, 2.24) is 0 Å². The van der Waals surface area contributed by atoms with E-state index >= 15 is 0 Å². The van der Waals surface area contributed by atoms with Gasteiger partial charge in [0.15, 0.2) is 42.3 Å². The van der Waals surface area contributed by atoms with Crippen LogP contribution in [0.15, 0.2) is 103 Å². The number of ether oxygens (including phenoxy) is 3. The van der Waals surface area contributed by atoms with E-state index in [4.69, 9.17) is 31.9 Å². The number of hydrogen-bond donors (Lipinski definition) is 0. The van der Waals surface area contributed by atoms with Crippen LogP contribution < -0.4 is 10.4 Å². The van der Waals surface area contributed by atoms with Crippen molar-refractivity contribution in [3.8, 4) is 0 Å². The molecule has 0 N–H and O–H groups in total. The summed E-state index contributed by atoms with van der Waals surface area (Å²) in [5, 5.41) is 1.93. The van der Waals surface area contributed by atoms with Crippen LogP contribution in [0.25, 0.3) is 0 Å². The standard InChI is InChI=1S/C68H112O10Si4/c1-21-81(22-2,23-3)76-57(47-49-72-51-54-36-28-24-29-37-54)46-48-68(16,78-80(19,20)65(8,9)10)61(71)45-44-55(69)38-30-25-31-39-56(70)50-53(4)62(77-79(17,18)64(5,6)7)63-60(74-67(14,15)75-63)52-73-82(66(11,12)13,58-40-32-26-33-41-58)59-42-34-27-35-43-59/h24,26-29,31-37,39-43,53,57,60,62-63H,21-23,25,30,38,44-52H2,1-20H3/b39-31+/t53-,57+,60+,62-,63+,68-/m1/s1. The van der Waals surface area contributed by atoms with Gasteiger partial charge < -0.3 is 31.9 Å². The second-order valence-electron chi connectivity index (χ2n) is 28.3. The van der Waals surface area contributed by atoms with Gasteiger partial charge in [-0.3, -0.25) is 14.4 Å². The van der Waals surface area contributed by atoms with Gasteiger partial charge in [-0.25, -0.2) is 0 Å². The number of hydrogen-bond acceptors (Lipinski definition) is 10. The maximum absolute atomic E-state index is 14.5. The highest BCUT2D eigenvalue weighted by Crippen LogP contribution is 2.44. The van der Waals surface area contributed by atoms with Gasteiger partial charge in [-0.2, -0.15) is 0 Å². The minimum atomic E-state index is -2.92. The van der Waals surface area contributed by atoms with Crippen LogP contribution >= 0.6 is 0 Å². The van der Waals surface area contributed by atoms with E-state index in [1.54, 1.807) is 6.08 Å². The quantitative estimate of drug-likeness (QED) is 0.0320. The van der Waals surface area contributed by atoms with Crippen molar-refractivity contribution < 1.29 is 46.3 Å². The Morgan fingerprint density at radius 2 is 1.21 bits per heavy atom. The minimum absolute atomic E-state index is 0.00738. The molecule has 3 aromatic rings. The van der Waals surface area contributed by atoms with E-state index in [2.05, 4.69) is 189 Å². The number of benzene rings is 3. The van der Waals surface area contributed by atoms with Gasteiger partial charge in [0, 0.05) is 38.4 Å². The molecule has 6 atom stereocenters. The topological polar surface area (TPSA) is 116 Å². The largest absolute Gasteiger partial charge is 0.414 e.